The van der Waals surface area contributed by atoms with Gasteiger partial charge in [-0.2, -0.15) is 10.4 Å². The van der Waals surface area contributed by atoms with Gasteiger partial charge in [-0.05, 0) is 36.2 Å². The van der Waals surface area contributed by atoms with Gasteiger partial charge >= 0.3 is 5.69 Å². The number of rotatable bonds is 3. The van der Waals surface area contributed by atoms with Crippen molar-refractivity contribution in [2.24, 2.45) is 11.3 Å². The van der Waals surface area contributed by atoms with Crippen LogP contribution >= 0.6 is 11.3 Å². The van der Waals surface area contributed by atoms with Crippen molar-refractivity contribution in [1.82, 2.24) is 10.2 Å². The number of aromatic amines is 1. The summed E-state index contributed by atoms with van der Waals surface area (Å²) in [5.74, 6) is -0.158. The molecule has 0 fully saturated rings. The number of anilines is 1. The highest BCUT2D eigenvalue weighted by Gasteiger charge is 2.33. The molecule has 1 aliphatic rings. The largest absolute Gasteiger partial charge is 0.319 e. The summed E-state index contributed by atoms with van der Waals surface area (Å²) in [6, 6.07) is 2.18. The molecule has 8 nitrogen and oxygen atoms in total. The Morgan fingerprint density at radius 2 is 2.27 bits per heavy atom. The van der Waals surface area contributed by atoms with Gasteiger partial charge in [0.15, 0.2) is 0 Å². The maximum atomic E-state index is 12.4. The van der Waals surface area contributed by atoms with E-state index in [1.165, 1.54) is 11.3 Å². The SMILES string of the molecule is CC(C)(C)[C@@H]1CCc2c(sc(NC(=O)c3[nH]ncc3[N+](=O)[O-])c2C#N)C1. The molecule has 2 aromatic heterocycles. The zero-order valence-corrected chi connectivity index (χ0v) is 15.6. The molecule has 0 saturated heterocycles. The quantitative estimate of drug-likeness (QED) is 0.627. The summed E-state index contributed by atoms with van der Waals surface area (Å²) < 4.78 is 0. The minimum Gasteiger partial charge on any atom is -0.311 e. The minimum absolute atomic E-state index is 0.175. The van der Waals surface area contributed by atoms with Gasteiger partial charge in [0.1, 0.15) is 17.3 Å². The molecule has 0 spiro atoms. The minimum atomic E-state index is -0.670. The van der Waals surface area contributed by atoms with Gasteiger partial charge in [0.2, 0.25) is 5.69 Å². The van der Waals surface area contributed by atoms with E-state index in [1.54, 1.807) is 0 Å². The van der Waals surface area contributed by atoms with Crippen LogP contribution in [0.25, 0.3) is 0 Å². The zero-order chi connectivity index (χ0) is 19.1. The Kier molecular flexibility index (Phi) is 4.54. The number of carbonyl (C=O) groups is 1. The van der Waals surface area contributed by atoms with E-state index in [0.29, 0.717) is 16.5 Å². The predicted octanol–water partition coefficient (Wildman–Crippen LogP) is 3.65. The van der Waals surface area contributed by atoms with Gasteiger partial charge < -0.3 is 5.32 Å². The van der Waals surface area contributed by atoms with Gasteiger partial charge in [-0.3, -0.25) is 20.0 Å². The number of fused-ring (bicyclic) bond motifs is 1. The standard InChI is InChI=1S/C17H19N5O3S/c1-17(2,3)9-4-5-10-11(7-18)16(26-13(10)6-9)20-15(23)14-12(22(24)25)8-19-21-14/h8-9H,4-6H2,1-3H3,(H,19,21)(H,20,23)/t9-/m1/s1. The first-order valence-electron chi connectivity index (χ1n) is 8.26. The van der Waals surface area contributed by atoms with Crippen molar-refractivity contribution in [1.29, 1.82) is 5.26 Å². The molecule has 0 radical (unpaired) electrons. The van der Waals surface area contributed by atoms with E-state index in [4.69, 9.17) is 0 Å². The monoisotopic (exact) mass is 373 g/mol. The Morgan fingerprint density at radius 3 is 2.88 bits per heavy atom. The zero-order valence-electron chi connectivity index (χ0n) is 14.8. The maximum Gasteiger partial charge on any atom is 0.319 e. The molecule has 2 heterocycles. The van der Waals surface area contributed by atoms with E-state index in [9.17, 15) is 20.2 Å². The van der Waals surface area contributed by atoms with Crippen molar-refractivity contribution in [3.8, 4) is 6.07 Å². The van der Waals surface area contributed by atoms with Crippen molar-refractivity contribution < 1.29 is 9.72 Å². The number of nitriles is 1. The highest BCUT2D eigenvalue weighted by molar-refractivity contribution is 7.16. The highest BCUT2D eigenvalue weighted by atomic mass is 32.1. The van der Waals surface area contributed by atoms with Crippen LogP contribution in [0.4, 0.5) is 10.7 Å². The molecular weight excluding hydrogens is 354 g/mol. The first kappa shape index (κ1) is 18.1. The molecule has 3 rings (SSSR count). The van der Waals surface area contributed by atoms with E-state index in [1.807, 2.05) is 0 Å². The smallest absolute Gasteiger partial charge is 0.311 e. The van der Waals surface area contributed by atoms with E-state index < -0.39 is 16.5 Å². The molecule has 9 heteroatoms. The Balaban J connectivity index is 1.89. The summed E-state index contributed by atoms with van der Waals surface area (Å²) in [7, 11) is 0. The van der Waals surface area contributed by atoms with Crippen LogP contribution < -0.4 is 5.32 Å². The van der Waals surface area contributed by atoms with Crippen LogP contribution in [-0.4, -0.2) is 21.0 Å². The Labute approximate surface area is 154 Å². The molecule has 0 aliphatic heterocycles. The van der Waals surface area contributed by atoms with Gasteiger partial charge in [0.25, 0.3) is 5.91 Å². The number of H-pyrrole nitrogens is 1. The lowest BCUT2D eigenvalue weighted by Gasteiger charge is -2.33. The van der Waals surface area contributed by atoms with Gasteiger partial charge in [0.05, 0.1) is 10.5 Å². The van der Waals surface area contributed by atoms with Crippen LogP contribution in [0.1, 0.15) is 53.7 Å². The summed E-state index contributed by atoms with van der Waals surface area (Å²) >= 11 is 1.39. The predicted molar refractivity (Wildman–Crippen MR) is 97.2 cm³/mol. The average molecular weight is 373 g/mol. The number of thiophene rings is 1. The third-order valence-corrected chi connectivity index (χ3v) is 6.04. The van der Waals surface area contributed by atoms with Crippen LogP contribution in [-0.2, 0) is 12.8 Å². The van der Waals surface area contributed by atoms with Crippen molar-refractivity contribution in [2.45, 2.75) is 40.0 Å². The molecule has 2 N–H and O–H groups in total. The Hall–Kier alpha value is -2.73. The van der Waals surface area contributed by atoms with Gasteiger partial charge in [-0.25, -0.2) is 0 Å². The number of nitrogens with zero attached hydrogens (tertiary/aromatic N) is 3. The van der Waals surface area contributed by atoms with Gasteiger partial charge in [-0.15, -0.1) is 11.3 Å². The fourth-order valence-corrected chi connectivity index (χ4v) is 4.56. The molecule has 0 saturated carbocycles. The first-order chi connectivity index (χ1) is 12.2. The van der Waals surface area contributed by atoms with Crippen LogP contribution in [0.5, 0.6) is 0 Å². The molecule has 0 unspecified atom stereocenters. The molecular formula is C17H19N5O3S. The normalized spacial score (nSPS) is 16.6. The number of hydrogen-bond acceptors (Lipinski definition) is 6. The van der Waals surface area contributed by atoms with Crippen molar-refractivity contribution in [3.05, 3.63) is 38.0 Å². The molecule has 1 aliphatic carbocycles. The third kappa shape index (κ3) is 3.20. The molecule has 1 atom stereocenters. The number of aromatic nitrogens is 2. The molecule has 136 valence electrons. The summed E-state index contributed by atoms with van der Waals surface area (Å²) in [6.45, 7) is 6.63. The molecule has 2 aromatic rings. The van der Waals surface area contributed by atoms with Crippen molar-refractivity contribution >= 4 is 27.9 Å². The van der Waals surface area contributed by atoms with Crippen molar-refractivity contribution in [2.75, 3.05) is 5.32 Å². The fraction of sp³-hybridized carbons (Fsp3) is 0.471. The topological polar surface area (TPSA) is 125 Å². The van der Waals surface area contributed by atoms with E-state index in [-0.39, 0.29) is 11.1 Å². The third-order valence-electron chi connectivity index (χ3n) is 4.87. The average Bonchev–Trinajstić information content (AvgIpc) is 3.17. The highest BCUT2D eigenvalue weighted by Crippen LogP contribution is 2.44. The number of amides is 1. The van der Waals surface area contributed by atoms with Crippen LogP contribution in [0, 0.1) is 32.8 Å². The van der Waals surface area contributed by atoms with Gasteiger partial charge in [-0.1, -0.05) is 20.8 Å². The lowest BCUT2D eigenvalue weighted by atomic mass is 9.72. The Bertz CT molecular complexity index is 916. The summed E-state index contributed by atoms with van der Waals surface area (Å²) in [6.07, 6.45) is 3.67. The van der Waals surface area contributed by atoms with E-state index >= 15 is 0 Å². The van der Waals surface area contributed by atoms with E-state index in [2.05, 4.69) is 42.4 Å². The van der Waals surface area contributed by atoms with Crippen LogP contribution in [0.15, 0.2) is 6.20 Å². The lowest BCUT2D eigenvalue weighted by Crippen LogP contribution is -2.26. The molecule has 0 aromatic carbocycles. The van der Waals surface area contributed by atoms with E-state index in [0.717, 1.165) is 35.9 Å². The second-order valence-electron chi connectivity index (χ2n) is 7.47. The van der Waals surface area contributed by atoms with Crippen molar-refractivity contribution in [3.63, 3.8) is 0 Å². The number of carbonyl (C=O) groups excluding carboxylic acids is 1. The van der Waals surface area contributed by atoms with Gasteiger partial charge in [0, 0.05) is 4.88 Å². The molecule has 1 amide bonds. The van der Waals surface area contributed by atoms with Crippen LogP contribution in [0.3, 0.4) is 0 Å². The fourth-order valence-electron chi connectivity index (χ4n) is 3.28. The first-order valence-corrected chi connectivity index (χ1v) is 9.07. The summed E-state index contributed by atoms with van der Waals surface area (Å²) in [5.41, 5.74) is 1.02. The lowest BCUT2D eigenvalue weighted by molar-refractivity contribution is -0.385. The summed E-state index contributed by atoms with van der Waals surface area (Å²) in [5, 5.41) is 29.5. The second kappa shape index (κ2) is 6.53. The summed E-state index contributed by atoms with van der Waals surface area (Å²) in [4.78, 5) is 23.8. The Morgan fingerprint density at radius 1 is 1.54 bits per heavy atom. The number of hydrogen-bond donors (Lipinski definition) is 2. The number of nitrogens with one attached hydrogen (secondary N) is 2. The number of nitro groups is 1. The molecule has 26 heavy (non-hydrogen) atoms. The maximum absolute atomic E-state index is 12.4. The second-order valence-corrected chi connectivity index (χ2v) is 8.57. The van der Waals surface area contributed by atoms with Crippen LogP contribution in [0.2, 0.25) is 0 Å². The molecule has 0 bridgehead atoms.